The molecule has 2 rings (SSSR count). The number of rotatable bonds is 2. The Bertz CT molecular complexity index is 507. The molecule has 0 bridgehead atoms. The van der Waals surface area contributed by atoms with Crippen LogP contribution in [0.15, 0.2) is 23.2 Å². The summed E-state index contributed by atoms with van der Waals surface area (Å²) in [6.07, 6.45) is 3.83. The van der Waals surface area contributed by atoms with Crippen LogP contribution in [0, 0.1) is 0 Å². The van der Waals surface area contributed by atoms with Gasteiger partial charge in [-0.3, -0.25) is 4.99 Å². The molecule has 3 N–H and O–H groups in total. The van der Waals surface area contributed by atoms with Crippen LogP contribution < -0.4 is 5.32 Å². The predicted octanol–water partition coefficient (Wildman–Crippen LogP) is 2.75. The number of aliphatic imine (C=N–C) groups is 1. The second-order valence-corrected chi connectivity index (χ2v) is 7.60. The second-order valence-electron chi connectivity index (χ2n) is 7.16. The van der Waals surface area contributed by atoms with Gasteiger partial charge >= 0.3 is 0 Å². The lowest BCUT2D eigenvalue weighted by molar-refractivity contribution is -0.787. The quantitative estimate of drug-likeness (QED) is 0.810. The van der Waals surface area contributed by atoms with Gasteiger partial charge in [-0.1, -0.05) is 11.6 Å². The Balaban J connectivity index is 2.16. The first-order valence-corrected chi connectivity index (χ1v) is 7.43. The fourth-order valence-corrected chi connectivity index (χ4v) is 3.56. The highest BCUT2D eigenvalue weighted by Crippen LogP contribution is 2.25. The summed E-state index contributed by atoms with van der Waals surface area (Å²) in [6.45, 7) is 9.03. The molecule has 1 aromatic carbocycles. The van der Waals surface area contributed by atoms with Crippen LogP contribution >= 0.6 is 11.6 Å². The zero-order valence-corrected chi connectivity index (χ0v) is 13.4. The van der Waals surface area contributed by atoms with Gasteiger partial charge in [0.1, 0.15) is 5.75 Å². The molecule has 1 fully saturated rings. The van der Waals surface area contributed by atoms with Gasteiger partial charge in [0.25, 0.3) is 0 Å². The van der Waals surface area contributed by atoms with E-state index in [0.717, 1.165) is 12.8 Å². The van der Waals surface area contributed by atoms with Gasteiger partial charge in [-0.05, 0) is 45.9 Å². The molecule has 1 aromatic rings. The lowest BCUT2D eigenvalue weighted by Crippen LogP contribution is -3.05. The van der Waals surface area contributed by atoms with E-state index < -0.39 is 0 Å². The summed E-state index contributed by atoms with van der Waals surface area (Å²) in [6, 6.07) is 5.30. The van der Waals surface area contributed by atoms with Gasteiger partial charge in [0, 0.05) is 29.6 Å². The molecule has 0 amide bonds. The molecule has 4 heteroatoms. The normalized spacial score (nSPS) is 22.2. The van der Waals surface area contributed by atoms with Gasteiger partial charge in [-0.25, -0.2) is 0 Å². The van der Waals surface area contributed by atoms with E-state index >= 15 is 0 Å². The van der Waals surface area contributed by atoms with Crippen molar-refractivity contribution >= 4 is 17.8 Å². The largest absolute Gasteiger partial charge is 0.507 e. The standard InChI is InChI=1S/C16H23ClN2O/c1-15(2)8-13(9-16(3,4)19-15)18-10-11-7-12(17)5-6-14(11)20/h5-7,10,13,19-20H,8-9H2,1-4H3/p+1. The molecule has 0 spiro atoms. The van der Waals surface area contributed by atoms with Crippen molar-refractivity contribution in [3.63, 3.8) is 0 Å². The summed E-state index contributed by atoms with van der Waals surface area (Å²) < 4.78 is 0. The van der Waals surface area contributed by atoms with Crippen molar-refractivity contribution in [1.29, 1.82) is 0 Å². The summed E-state index contributed by atoms with van der Waals surface area (Å²) in [4.78, 5) is 4.68. The number of hydrogen-bond donors (Lipinski definition) is 2. The Morgan fingerprint density at radius 2 is 1.85 bits per heavy atom. The number of quaternary nitrogens is 1. The van der Waals surface area contributed by atoms with Crippen LogP contribution in [-0.4, -0.2) is 28.4 Å². The lowest BCUT2D eigenvalue weighted by atomic mass is 9.80. The van der Waals surface area contributed by atoms with E-state index in [1.807, 2.05) is 0 Å². The topological polar surface area (TPSA) is 49.2 Å². The van der Waals surface area contributed by atoms with Crippen molar-refractivity contribution in [2.24, 2.45) is 4.99 Å². The average molecular weight is 296 g/mol. The van der Waals surface area contributed by atoms with Crippen LogP contribution in [0.2, 0.25) is 5.02 Å². The Morgan fingerprint density at radius 3 is 2.45 bits per heavy atom. The van der Waals surface area contributed by atoms with Crippen LogP contribution in [0.3, 0.4) is 0 Å². The monoisotopic (exact) mass is 295 g/mol. The molecule has 20 heavy (non-hydrogen) atoms. The Morgan fingerprint density at radius 1 is 1.25 bits per heavy atom. The van der Waals surface area contributed by atoms with Crippen LogP contribution in [0.4, 0.5) is 0 Å². The summed E-state index contributed by atoms with van der Waals surface area (Å²) in [5.74, 6) is 0.221. The van der Waals surface area contributed by atoms with E-state index in [2.05, 4.69) is 38.0 Å². The average Bonchev–Trinajstić information content (AvgIpc) is 2.26. The molecule has 110 valence electrons. The molecule has 0 unspecified atom stereocenters. The summed E-state index contributed by atoms with van der Waals surface area (Å²) in [7, 11) is 0. The minimum Gasteiger partial charge on any atom is -0.507 e. The van der Waals surface area contributed by atoms with Crippen LogP contribution in [0.25, 0.3) is 0 Å². The molecular weight excluding hydrogens is 272 g/mol. The lowest BCUT2D eigenvalue weighted by Gasteiger charge is -2.41. The molecule has 1 heterocycles. The number of benzene rings is 1. The van der Waals surface area contributed by atoms with Gasteiger partial charge in [-0.2, -0.15) is 0 Å². The molecule has 1 aliphatic rings. The van der Waals surface area contributed by atoms with E-state index in [-0.39, 0.29) is 22.9 Å². The Labute approximate surface area is 126 Å². The van der Waals surface area contributed by atoms with Crippen molar-refractivity contribution in [3.05, 3.63) is 28.8 Å². The minimum absolute atomic E-state index is 0.195. The molecule has 1 aliphatic heterocycles. The van der Waals surface area contributed by atoms with Gasteiger partial charge < -0.3 is 10.4 Å². The summed E-state index contributed by atoms with van der Waals surface area (Å²) in [5, 5.41) is 12.9. The molecule has 0 saturated carbocycles. The van der Waals surface area contributed by atoms with Crippen molar-refractivity contribution in [1.82, 2.24) is 0 Å². The number of phenolic OH excluding ortho intramolecular Hbond substituents is 1. The maximum Gasteiger partial charge on any atom is 0.124 e. The van der Waals surface area contributed by atoms with Gasteiger partial charge in [0.05, 0.1) is 17.1 Å². The molecule has 0 aromatic heterocycles. The first kappa shape index (κ1) is 15.3. The van der Waals surface area contributed by atoms with Crippen molar-refractivity contribution in [2.45, 2.75) is 57.7 Å². The summed E-state index contributed by atoms with van der Waals surface area (Å²) in [5.41, 5.74) is 1.07. The second kappa shape index (κ2) is 5.38. The van der Waals surface area contributed by atoms with Crippen molar-refractivity contribution < 1.29 is 10.4 Å². The SMILES string of the molecule is CC1(C)CC(N=Cc2cc(Cl)ccc2O)CC(C)(C)[NH2+]1. The van der Waals surface area contributed by atoms with Gasteiger partial charge in [0.15, 0.2) is 0 Å². The van der Waals surface area contributed by atoms with E-state index in [1.54, 1.807) is 24.4 Å². The van der Waals surface area contributed by atoms with Gasteiger partial charge in [0.2, 0.25) is 0 Å². The van der Waals surface area contributed by atoms with Crippen LogP contribution in [0.1, 0.15) is 46.1 Å². The number of aromatic hydroxyl groups is 1. The number of hydrogen-bond acceptors (Lipinski definition) is 2. The Hall–Kier alpha value is -1.06. The first-order valence-electron chi connectivity index (χ1n) is 7.06. The molecule has 0 aliphatic carbocycles. The zero-order chi connectivity index (χ0) is 15.0. The molecule has 1 saturated heterocycles. The van der Waals surface area contributed by atoms with E-state index in [0.29, 0.717) is 10.6 Å². The minimum atomic E-state index is 0.195. The number of phenols is 1. The number of piperidine rings is 1. The van der Waals surface area contributed by atoms with Gasteiger partial charge in [-0.15, -0.1) is 0 Å². The fraction of sp³-hybridized carbons (Fsp3) is 0.562. The maximum absolute atomic E-state index is 9.81. The highest BCUT2D eigenvalue weighted by Gasteiger charge is 2.41. The van der Waals surface area contributed by atoms with E-state index in [1.165, 1.54) is 0 Å². The smallest absolute Gasteiger partial charge is 0.124 e. The van der Waals surface area contributed by atoms with Crippen molar-refractivity contribution in [3.8, 4) is 5.75 Å². The first-order chi connectivity index (χ1) is 9.17. The molecule has 0 radical (unpaired) electrons. The third-order valence-corrected chi connectivity index (χ3v) is 3.95. The number of halogens is 1. The molecule has 0 atom stereocenters. The third-order valence-electron chi connectivity index (χ3n) is 3.72. The summed E-state index contributed by atoms with van der Waals surface area (Å²) >= 11 is 5.95. The molecular formula is C16H24ClN2O+. The zero-order valence-electron chi connectivity index (χ0n) is 12.7. The van der Waals surface area contributed by atoms with Crippen molar-refractivity contribution in [2.75, 3.05) is 0 Å². The van der Waals surface area contributed by atoms with E-state index in [9.17, 15) is 5.11 Å². The maximum atomic E-state index is 9.81. The highest BCUT2D eigenvalue weighted by molar-refractivity contribution is 6.30. The number of nitrogens with zero attached hydrogens (tertiary/aromatic N) is 1. The van der Waals surface area contributed by atoms with Crippen LogP contribution in [0.5, 0.6) is 5.75 Å². The Kier molecular flexibility index (Phi) is 4.12. The molecule has 3 nitrogen and oxygen atoms in total. The van der Waals surface area contributed by atoms with E-state index in [4.69, 9.17) is 11.6 Å². The number of nitrogens with two attached hydrogens (primary N) is 1. The third kappa shape index (κ3) is 3.97. The fourth-order valence-electron chi connectivity index (χ4n) is 3.38. The highest BCUT2D eigenvalue weighted by atomic mass is 35.5. The predicted molar refractivity (Wildman–Crippen MR) is 83.8 cm³/mol. The van der Waals surface area contributed by atoms with Crippen LogP contribution in [-0.2, 0) is 0 Å².